The Labute approximate surface area is 194 Å². The van der Waals surface area contributed by atoms with E-state index in [0.29, 0.717) is 35.6 Å². The Hall–Kier alpha value is -3.50. The van der Waals surface area contributed by atoms with E-state index in [4.69, 9.17) is 9.15 Å². The molecule has 0 saturated heterocycles. The lowest BCUT2D eigenvalue weighted by atomic mass is 10.1. The molecule has 184 valence electrons. The highest BCUT2D eigenvalue weighted by Gasteiger charge is 2.31. The first-order chi connectivity index (χ1) is 16.0. The van der Waals surface area contributed by atoms with Gasteiger partial charge in [-0.1, -0.05) is 13.8 Å². The van der Waals surface area contributed by atoms with Crippen molar-refractivity contribution in [2.24, 2.45) is 5.92 Å². The lowest BCUT2D eigenvalue weighted by Crippen LogP contribution is -2.23. The van der Waals surface area contributed by atoms with E-state index in [1.807, 2.05) is 13.8 Å². The Kier molecular flexibility index (Phi) is 7.53. The minimum atomic E-state index is -4.33. The number of fused-ring (bicyclic) bond motifs is 1. The number of alkyl halides is 3. The van der Waals surface area contributed by atoms with Crippen LogP contribution in [0.4, 0.5) is 24.5 Å². The van der Waals surface area contributed by atoms with E-state index in [0.717, 1.165) is 0 Å². The number of aryl methyl sites for hydroxylation is 1. The number of nitrogens with one attached hydrogen (secondary N) is 2. The minimum Gasteiger partial charge on any atom is -0.464 e. The molecule has 1 unspecified atom stereocenters. The second-order valence-corrected chi connectivity index (χ2v) is 8.44. The molecule has 0 fully saturated rings. The lowest BCUT2D eigenvalue weighted by molar-refractivity contribution is -0.136. The van der Waals surface area contributed by atoms with Crippen molar-refractivity contribution in [3.63, 3.8) is 0 Å². The second kappa shape index (κ2) is 10.2. The van der Waals surface area contributed by atoms with Crippen LogP contribution in [0.25, 0.3) is 11.0 Å². The van der Waals surface area contributed by atoms with E-state index >= 15 is 0 Å². The number of ether oxygens (including phenoxy) is 1. The predicted molar refractivity (Wildman–Crippen MR) is 121 cm³/mol. The molecule has 11 heteroatoms. The van der Waals surface area contributed by atoms with Crippen LogP contribution >= 0.6 is 0 Å². The van der Waals surface area contributed by atoms with Gasteiger partial charge in [-0.05, 0) is 37.5 Å². The molecular formula is C23H27F3N4O4. The highest BCUT2D eigenvalue weighted by molar-refractivity contribution is 6.14. The van der Waals surface area contributed by atoms with Crippen LogP contribution < -0.4 is 10.6 Å². The van der Waals surface area contributed by atoms with E-state index in [9.17, 15) is 22.8 Å². The summed E-state index contributed by atoms with van der Waals surface area (Å²) < 4.78 is 50.1. The average Bonchev–Trinajstić information content (AvgIpc) is 3.37. The van der Waals surface area contributed by atoms with Crippen molar-refractivity contribution in [1.82, 2.24) is 9.55 Å². The van der Waals surface area contributed by atoms with Crippen molar-refractivity contribution in [2.45, 2.75) is 52.4 Å². The molecule has 0 radical (unpaired) electrons. The Balaban J connectivity index is 2.11. The number of methoxy groups -OCH3 is 1. The van der Waals surface area contributed by atoms with Gasteiger partial charge in [-0.2, -0.15) is 13.2 Å². The van der Waals surface area contributed by atoms with Crippen LogP contribution in [0.15, 0.2) is 35.1 Å². The molecule has 3 aromatic heterocycles. The molecule has 3 rings (SSSR count). The maximum atomic E-state index is 12.8. The summed E-state index contributed by atoms with van der Waals surface area (Å²) in [7, 11) is 1.23. The maximum absolute atomic E-state index is 12.8. The monoisotopic (exact) mass is 480 g/mol. The van der Waals surface area contributed by atoms with E-state index < -0.39 is 30.5 Å². The van der Waals surface area contributed by atoms with Gasteiger partial charge < -0.3 is 24.4 Å². The van der Waals surface area contributed by atoms with Crippen molar-refractivity contribution in [3.8, 4) is 0 Å². The smallest absolute Gasteiger partial charge is 0.391 e. The number of esters is 1. The number of hydrogen-bond donors (Lipinski definition) is 2. The molecule has 0 bridgehead atoms. The Morgan fingerprint density at radius 3 is 2.59 bits per heavy atom. The molecule has 3 aromatic rings. The van der Waals surface area contributed by atoms with Gasteiger partial charge in [0.25, 0.3) is 5.91 Å². The van der Waals surface area contributed by atoms with Gasteiger partial charge in [0.1, 0.15) is 5.65 Å². The van der Waals surface area contributed by atoms with Crippen molar-refractivity contribution < 1.29 is 31.9 Å². The number of carbonyl (C=O) groups is 2. The first kappa shape index (κ1) is 25.1. The summed E-state index contributed by atoms with van der Waals surface area (Å²) in [6, 6.07) is 3.66. The van der Waals surface area contributed by atoms with Crippen LogP contribution in [0.2, 0.25) is 0 Å². The normalized spacial score (nSPS) is 12.7. The van der Waals surface area contributed by atoms with Gasteiger partial charge in [0.05, 0.1) is 37.4 Å². The summed E-state index contributed by atoms with van der Waals surface area (Å²) >= 11 is 0. The van der Waals surface area contributed by atoms with Crippen LogP contribution in [-0.2, 0) is 11.3 Å². The highest BCUT2D eigenvalue weighted by Crippen LogP contribution is 2.34. The molecule has 0 aliphatic heterocycles. The van der Waals surface area contributed by atoms with E-state index in [1.54, 1.807) is 16.7 Å². The molecule has 0 spiro atoms. The number of pyridine rings is 1. The van der Waals surface area contributed by atoms with Crippen LogP contribution in [0, 0.1) is 5.92 Å². The van der Waals surface area contributed by atoms with Crippen molar-refractivity contribution in [1.29, 1.82) is 0 Å². The third-order valence-corrected chi connectivity index (χ3v) is 5.14. The third kappa shape index (κ3) is 5.89. The number of anilines is 2. The molecule has 0 saturated carbocycles. The lowest BCUT2D eigenvalue weighted by Gasteiger charge is -2.17. The Morgan fingerprint density at radius 1 is 1.26 bits per heavy atom. The van der Waals surface area contributed by atoms with Crippen LogP contribution in [0.5, 0.6) is 0 Å². The summed E-state index contributed by atoms with van der Waals surface area (Å²) in [4.78, 5) is 29.9. The molecule has 0 aliphatic carbocycles. The van der Waals surface area contributed by atoms with Gasteiger partial charge in [-0.25, -0.2) is 9.78 Å². The molecule has 0 aliphatic rings. The van der Waals surface area contributed by atoms with Crippen molar-refractivity contribution >= 4 is 34.3 Å². The number of furan rings is 1. The zero-order chi connectivity index (χ0) is 25.0. The standard InChI is InChI=1S/C23H27F3N4O4/c1-13(2)7-8-30-19(22(32)33-4)18(29-21(31)17-6-5-9-34-17)16-10-15(12-27-20(16)30)28-14(3)11-23(24,25)26/h5-6,9-10,12-14,28H,7-8,11H2,1-4H3,(H,29,31). The first-order valence-corrected chi connectivity index (χ1v) is 10.8. The molecule has 34 heavy (non-hydrogen) atoms. The van der Waals surface area contributed by atoms with E-state index in [2.05, 4.69) is 15.6 Å². The van der Waals surface area contributed by atoms with Gasteiger partial charge in [0.2, 0.25) is 0 Å². The van der Waals surface area contributed by atoms with Crippen LogP contribution in [0.3, 0.4) is 0 Å². The first-order valence-electron chi connectivity index (χ1n) is 10.8. The summed E-state index contributed by atoms with van der Waals surface area (Å²) in [5.41, 5.74) is 0.942. The van der Waals surface area contributed by atoms with Gasteiger partial charge in [-0.15, -0.1) is 0 Å². The zero-order valence-electron chi connectivity index (χ0n) is 19.3. The van der Waals surface area contributed by atoms with Gasteiger partial charge in [0.15, 0.2) is 11.5 Å². The number of hydrogen-bond acceptors (Lipinski definition) is 6. The highest BCUT2D eigenvalue weighted by atomic mass is 19.4. The third-order valence-electron chi connectivity index (χ3n) is 5.14. The summed E-state index contributed by atoms with van der Waals surface area (Å²) in [5, 5.41) is 5.86. The minimum absolute atomic E-state index is 0.0277. The Bertz CT molecular complexity index is 1150. The quantitative estimate of drug-likeness (QED) is 0.394. The number of aromatic nitrogens is 2. The van der Waals surface area contributed by atoms with Gasteiger partial charge in [-0.3, -0.25) is 4.79 Å². The molecule has 2 N–H and O–H groups in total. The van der Waals surface area contributed by atoms with E-state index in [-0.39, 0.29) is 17.1 Å². The fourth-order valence-electron chi connectivity index (χ4n) is 3.61. The predicted octanol–water partition coefficient (Wildman–Crippen LogP) is 5.47. The number of nitrogens with zero attached hydrogens (tertiary/aromatic N) is 2. The molecule has 3 heterocycles. The largest absolute Gasteiger partial charge is 0.464 e. The van der Waals surface area contributed by atoms with Crippen LogP contribution in [-0.4, -0.2) is 40.8 Å². The maximum Gasteiger partial charge on any atom is 0.391 e. The van der Waals surface area contributed by atoms with Crippen molar-refractivity contribution in [3.05, 3.63) is 42.1 Å². The van der Waals surface area contributed by atoms with Gasteiger partial charge in [0, 0.05) is 18.0 Å². The average molecular weight is 480 g/mol. The topological polar surface area (TPSA) is 98.4 Å². The fourth-order valence-corrected chi connectivity index (χ4v) is 3.61. The fraction of sp³-hybridized carbons (Fsp3) is 0.435. The SMILES string of the molecule is COC(=O)c1c(NC(=O)c2ccco2)c2cc(NC(C)CC(F)(F)F)cnc2n1CCC(C)C. The zero-order valence-corrected chi connectivity index (χ0v) is 19.3. The summed E-state index contributed by atoms with van der Waals surface area (Å²) in [6.45, 7) is 5.88. The molecule has 0 aromatic carbocycles. The summed E-state index contributed by atoms with van der Waals surface area (Å²) in [6.07, 6.45) is -1.90. The van der Waals surface area contributed by atoms with Crippen molar-refractivity contribution in [2.75, 3.05) is 17.7 Å². The Morgan fingerprint density at radius 2 is 2.00 bits per heavy atom. The van der Waals surface area contributed by atoms with E-state index in [1.165, 1.54) is 32.6 Å². The van der Waals surface area contributed by atoms with Crippen LogP contribution in [0.1, 0.15) is 54.7 Å². The van der Waals surface area contributed by atoms with Gasteiger partial charge >= 0.3 is 12.1 Å². The molecule has 8 nitrogen and oxygen atoms in total. The molecule has 1 amide bonds. The summed E-state index contributed by atoms with van der Waals surface area (Å²) in [5.74, 6) is -0.938. The second-order valence-electron chi connectivity index (χ2n) is 8.44. The number of rotatable bonds is 9. The number of amides is 1. The molecular weight excluding hydrogens is 453 g/mol. The number of halogens is 3. The number of carbonyl (C=O) groups excluding carboxylic acids is 2. The molecule has 1 atom stereocenters.